The molecule has 7 heteroatoms. The van der Waals surface area contributed by atoms with Crippen LogP contribution in [0.1, 0.15) is 54.5 Å². The average Bonchev–Trinajstić information content (AvgIpc) is 3.02. The number of amides is 2. The summed E-state index contributed by atoms with van der Waals surface area (Å²) in [6.45, 7) is 8.07. The Bertz CT molecular complexity index is 653. The van der Waals surface area contributed by atoms with Crippen molar-refractivity contribution in [3.63, 3.8) is 0 Å². The van der Waals surface area contributed by atoms with Gasteiger partial charge in [0.1, 0.15) is 5.69 Å². The topological polar surface area (TPSA) is 80.8 Å². The second-order valence-electron chi connectivity index (χ2n) is 7.53. The van der Waals surface area contributed by atoms with E-state index in [1.165, 1.54) is 6.20 Å². The van der Waals surface area contributed by atoms with Crippen LogP contribution in [0.3, 0.4) is 0 Å². The first-order valence-electron chi connectivity index (χ1n) is 8.64. The molecule has 0 aromatic carbocycles. The lowest BCUT2D eigenvalue weighted by Gasteiger charge is -2.37. The molecular formula is C18H25N3O4. The molecule has 1 N–H and O–H groups in total. The molecule has 2 aliphatic rings. The number of hydrogen-bond acceptors (Lipinski definition) is 5. The van der Waals surface area contributed by atoms with E-state index in [0.29, 0.717) is 44.7 Å². The summed E-state index contributed by atoms with van der Waals surface area (Å²) in [5.74, 6) is -0.897. The summed E-state index contributed by atoms with van der Waals surface area (Å²) in [5.41, 5.74) is 0.377. The molecule has 0 atom stereocenters. The van der Waals surface area contributed by atoms with Crippen LogP contribution in [0, 0.1) is 0 Å². The van der Waals surface area contributed by atoms with Gasteiger partial charge in [-0.05, 0) is 32.9 Å². The highest BCUT2D eigenvalue weighted by Crippen LogP contribution is 2.31. The number of rotatable bonds is 2. The maximum atomic E-state index is 12.7. The van der Waals surface area contributed by atoms with Crippen LogP contribution < -0.4 is 5.32 Å². The summed E-state index contributed by atoms with van der Waals surface area (Å²) in [5, 5.41) is 2.89. The summed E-state index contributed by atoms with van der Waals surface area (Å²) in [7, 11) is 0. The molecule has 3 rings (SSSR count). The summed E-state index contributed by atoms with van der Waals surface area (Å²) in [6, 6.07) is 3.17. The van der Waals surface area contributed by atoms with Gasteiger partial charge in [-0.1, -0.05) is 0 Å². The number of pyridine rings is 1. The molecule has 0 saturated carbocycles. The minimum absolute atomic E-state index is 0.168. The number of nitrogens with zero attached hydrogens (tertiary/aromatic N) is 2. The lowest BCUT2D eigenvalue weighted by atomic mass is 10.0. The highest BCUT2D eigenvalue weighted by Gasteiger charge is 2.41. The van der Waals surface area contributed by atoms with Gasteiger partial charge in [0, 0.05) is 43.2 Å². The maximum Gasteiger partial charge on any atom is 0.272 e. The van der Waals surface area contributed by atoms with E-state index in [9.17, 15) is 9.59 Å². The number of aromatic nitrogens is 1. The molecule has 2 aliphatic heterocycles. The summed E-state index contributed by atoms with van der Waals surface area (Å²) in [4.78, 5) is 30.9. The van der Waals surface area contributed by atoms with Crippen LogP contribution in [-0.2, 0) is 9.47 Å². The smallest absolute Gasteiger partial charge is 0.272 e. The monoisotopic (exact) mass is 347 g/mol. The average molecular weight is 347 g/mol. The van der Waals surface area contributed by atoms with Gasteiger partial charge in [0.2, 0.25) is 0 Å². The zero-order chi connectivity index (χ0) is 18.1. The van der Waals surface area contributed by atoms with E-state index >= 15 is 0 Å². The van der Waals surface area contributed by atoms with Crippen molar-refractivity contribution in [2.24, 2.45) is 0 Å². The number of nitrogens with one attached hydrogen (secondary N) is 1. The molecule has 2 saturated heterocycles. The molecule has 1 aromatic rings. The van der Waals surface area contributed by atoms with Gasteiger partial charge in [-0.3, -0.25) is 14.6 Å². The lowest BCUT2D eigenvalue weighted by Crippen LogP contribution is -2.47. The molecule has 1 spiro atoms. The standard InChI is InChI=1S/C18H25N3O4/c1-17(2,3)20-15(22)13-4-7-19-14(12-13)16(23)21-8-5-18(6-9-21)24-10-11-25-18/h4,7,12H,5-6,8-11H2,1-3H3,(H,20,22). The van der Waals surface area contributed by atoms with Gasteiger partial charge in [-0.2, -0.15) is 0 Å². The van der Waals surface area contributed by atoms with Gasteiger partial charge < -0.3 is 19.7 Å². The summed E-state index contributed by atoms with van der Waals surface area (Å²) < 4.78 is 11.4. The molecule has 2 fully saturated rings. The normalized spacial score (nSPS) is 19.9. The van der Waals surface area contributed by atoms with Crippen LogP contribution in [0.2, 0.25) is 0 Å². The van der Waals surface area contributed by atoms with Crippen molar-refractivity contribution in [3.05, 3.63) is 29.6 Å². The largest absolute Gasteiger partial charge is 0.347 e. The van der Waals surface area contributed by atoms with Crippen LogP contribution in [0.25, 0.3) is 0 Å². The maximum absolute atomic E-state index is 12.7. The van der Waals surface area contributed by atoms with Crippen molar-refractivity contribution in [1.82, 2.24) is 15.2 Å². The molecule has 1 aromatic heterocycles. The predicted molar refractivity (Wildman–Crippen MR) is 91.2 cm³/mol. The highest BCUT2D eigenvalue weighted by molar-refractivity contribution is 5.98. The molecular weight excluding hydrogens is 322 g/mol. The Kier molecular flexibility index (Phi) is 4.79. The Morgan fingerprint density at radius 2 is 1.84 bits per heavy atom. The fourth-order valence-corrected chi connectivity index (χ4v) is 3.10. The number of hydrogen-bond donors (Lipinski definition) is 1. The highest BCUT2D eigenvalue weighted by atomic mass is 16.7. The van der Waals surface area contributed by atoms with Crippen LogP contribution >= 0.6 is 0 Å². The van der Waals surface area contributed by atoms with Crippen LogP contribution in [-0.4, -0.2) is 59.3 Å². The van der Waals surface area contributed by atoms with Crippen LogP contribution in [0.15, 0.2) is 18.3 Å². The number of carbonyl (C=O) groups excluding carboxylic acids is 2. The minimum Gasteiger partial charge on any atom is -0.347 e. The Morgan fingerprint density at radius 3 is 2.44 bits per heavy atom. The minimum atomic E-state index is -0.515. The van der Waals surface area contributed by atoms with Crippen molar-refractivity contribution >= 4 is 11.8 Å². The molecule has 2 amide bonds. The lowest BCUT2D eigenvalue weighted by molar-refractivity contribution is -0.181. The first-order chi connectivity index (χ1) is 11.8. The second kappa shape index (κ2) is 6.72. The van der Waals surface area contributed by atoms with Gasteiger partial charge in [0.15, 0.2) is 5.79 Å². The Labute approximate surface area is 147 Å². The summed E-state index contributed by atoms with van der Waals surface area (Å²) in [6.07, 6.45) is 2.81. The second-order valence-corrected chi connectivity index (χ2v) is 7.53. The van der Waals surface area contributed by atoms with E-state index < -0.39 is 5.79 Å². The van der Waals surface area contributed by atoms with E-state index in [2.05, 4.69) is 10.3 Å². The molecule has 136 valence electrons. The van der Waals surface area contributed by atoms with E-state index in [-0.39, 0.29) is 23.0 Å². The van der Waals surface area contributed by atoms with Gasteiger partial charge in [-0.15, -0.1) is 0 Å². The van der Waals surface area contributed by atoms with Crippen molar-refractivity contribution in [3.8, 4) is 0 Å². The van der Waals surface area contributed by atoms with Gasteiger partial charge in [0.25, 0.3) is 11.8 Å². The van der Waals surface area contributed by atoms with E-state index in [1.54, 1.807) is 17.0 Å². The molecule has 7 nitrogen and oxygen atoms in total. The molecule has 25 heavy (non-hydrogen) atoms. The number of carbonyl (C=O) groups is 2. The summed E-state index contributed by atoms with van der Waals surface area (Å²) >= 11 is 0. The van der Waals surface area contributed by atoms with Crippen molar-refractivity contribution < 1.29 is 19.1 Å². The van der Waals surface area contributed by atoms with Gasteiger partial charge in [0.05, 0.1) is 13.2 Å². The van der Waals surface area contributed by atoms with E-state index in [1.807, 2.05) is 20.8 Å². The SMILES string of the molecule is CC(C)(C)NC(=O)c1ccnc(C(=O)N2CCC3(CC2)OCCO3)c1. The van der Waals surface area contributed by atoms with Crippen molar-refractivity contribution in [2.75, 3.05) is 26.3 Å². The van der Waals surface area contributed by atoms with Crippen molar-refractivity contribution in [1.29, 1.82) is 0 Å². The number of likely N-dealkylation sites (tertiary alicyclic amines) is 1. The Balaban J connectivity index is 1.67. The number of piperidine rings is 1. The predicted octanol–water partition coefficient (Wildman–Crippen LogP) is 1.59. The van der Waals surface area contributed by atoms with E-state index in [4.69, 9.17) is 9.47 Å². The zero-order valence-electron chi connectivity index (χ0n) is 15.0. The molecule has 0 aliphatic carbocycles. The fraction of sp³-hybridized carbons (Fsp3) is 0.611. The van der Waals surface area contributed by atoms with Crippen LogP contribution in [0.5, 0.6) is 0 Å². The third-order valence-electron chi connectivity index (χ3n) is 4.36. The Morgan fingerprint density at radius 1 is 1.20 bits per heavy atom. The molecule has 3 heterocycles. The zero-order valence-corrected chi connectivity index (χ0v) is 15.0. The third-order valence-corrected chi connectivity index (χ3v) is 4.36. The molecule has 0 radical (unpaired) electrons. The molecule has 0 unspecified atom stereocenters. The quantitative estimate of drug-likeness (QED) is 0.879. The van der Waals surface area contributed by atoms with Gasteiger partial charge >= 0.3 is 0 Å². The third kappa shape index (κ3) is 4.16. The first-order valence-corrected chi connectivity index (χ1v) is 8.64. The number of ether oxygens (including phenoxy) is 2. The first kappa shape index (κ1) is 17.8. The van der Waals surface area contributed by atoms with Gasteiger partial charge in [-0.25, -0.2) is 0 Å². The van der Waals surface area contributed by atoms with E-state index in [0.717, 1.165) is 0 Å². The molecule has 0 bridgehead atoms. The fourth-order valence-electron chi connectivity index (χ4n) is 3.10. The van der Waals surface area contributed by atoms with Crippen molar-refractivity contribution in [2.45, 2.75) is 44.9 Å². The Hall–Kier alpha value is -1.99. The van der Waals surface area contributed by atoms with Crippen LogP contribution in [0.4, 0.5) is 0 Å².